The van der Waals surface area contributed by atoms with Gasteiger partial charge < -0.3 is 9.88 Å². The zero-order valence-electron chi connectivity index (χ0n) is 16.1. The van der Waals surface area contributed by atoms with Crippen LogP contribution in [0.2, 0.25) is 0 Å². The fourth-order valence-electron chi connectivity index (χ4n) is 3.60. The second-order valence-electron chi connectivity index (χ2n) is 6.99. The van der Waals surface area contributed by atoms with Crippen molar-refractivity contribution in [3.63, 3.8) is 0 Å². The Balaban J connectivity index is 1.50. The first-order chi connectivity index (χ1) is 14.5. The van der Waals surface area contributed by atoms with E-state index in [0.29, 0.717) is 31.4 Å². The molecule has 10 heteroatoms. The van der Waals surface area contributed by atoms with E-state index >= 15 is 0 Å². The predicted molar refractivity (Wildman–Crippen MR) is 122 cm³/mol. The first kappa shape index (κ1) is 20.7. The molecule has 154 valence electrons. The van der Waals surface area contributed by atoms with E-state index in [2.05, 4.69) is 22.9 Å². The number of thiazole rings is 1. The van der Waals surface area contributed by atoms with Crippen molar-refractivity contribution < 1.29 is 4.79 Å². The largest absolute Gasteiger partial charge is 0.317 e. The van der Waals surface area contributed by atoms with Crippen LogP contribution in [0.1, 0.15) is 35.3 Å². The van der Waals surface area contributed by atoms with E-state index in [0.717, 1.165) is 31.2 Å². The number of carbonyl (C=O) groups excluding carboxylic acids is 1. The molecule has 0 saturated heterocycles. The molecular weight excluding hydrogens is 438 g/mol. The fraction of sp³-hybridized carbons (Fsp3) is 0.350. The quantitative estimate of drug-likeness (QED) is 0.446. The molecule has 0 aliphatic heterocycles. The highest BCUT2D eigenvalue weighted by atomic mass is 32.1. The van der Waals surface area contributed by atoms with E-state index in [1.165, 1.54) is 38.4 Å². The maximum atomic E-state index is 12.8. The summed E-state index contributed by atoms with van der Waals surface area (Å²) in [7, 11) is 0. The number of nitriles is 1. The van der Waals surface area contributed by atoms with E-state index in [4.69, 9.17) is 12.2 Å². The summed E-state index contributed by atoms with van der Waals surface area (Å²) in [5, 5.41) is 13.0. The number of thiophene rings is 1. The Morgan fingerprint density at radius 1 is 1.40 bits per heavy atom. The maximum absolute atomic E-state index is 12.8. The lowest BCUT2D eigenvalue weighted by molar-refractivity contribution is -0.116. The Labute approximate surface area is 185 Å². The van der Waals surface area contributed by atoms with Gasteiger partial charge in [0.1, 0.15) is 15.8 Å². The Bertz CT molecular complexity index is 1300. The number of hydrogen-bond acceptors (Lipinski definition) is 7. The maximum Gasteiger partial charge on any atom is 0.272 e. The van der Waals surface area contributed by atoms with E-state index < -0.39 is 0 Å². The first-order valence-corrected chi connectivity index (χ1v) is 11.6. The lowest BCUT2D eigenvalue weighted by atomic mass is 9.96. The van der Waals surface area contributed by atoms with Crippen molar-refractivity contribution in [3.8, 4) is 6.07 Å². The average molecular weight is 458 g/mol. The molecule has 4 rings (SSSR count). The highest BCUT2D eigenvalue weighted by Gasteiger charge is 2.22. The van der Waals surface area contributed by atoms with Gasteiger partial charge in [0.15, 0.2) is 9.60 Å². The molecule has 0 aromatic carbocycles. The highest BCUT2D eigenvalue weighted by molar-refractivity contribution is 7.73. The molecule has 1 amide bonds. The van der Waals surface area contributed by atoms with Gasteiger partial charge in [-0.05, 0) is 43.5 Å². The van der Waals surface area contributed by atoms with E-state index in [-0.39, 0.29) is 24.4 Å². The van der Waals surface area contributed by atoms with E-state index in [9.17, 15) is 14.9 Å². The summed E-state index contributed by atoms with van der Waals surface area (Å²) in [5.74, 6) is -0.228. The lowest BCUT2D eigenvalue weighted by Gasteiger charge is -2.09. The summed E-state index contributed by atoms with van der Waals surface area (Å²) in [6, 6.07) is 2.24. The van der Waals surface area contributed by atoms with Crippen LogP contribution in [0.4, 0.5) is 5.00 Å². The Kier molecular flexibility index (Phi) is 5.94. The minimum Gasteiger partial charge on any atom is -0.317 e. The van der Waals surface area contributed by atoms with Crippen molar-refractivity contribution in [2.24, 2.45) is 0 Å². The SMILES string of the molecule is C=CCn1c(=S)sc2c(=O)n(CCC(=O)Nc3sc4c(c3C#N)CCCC4)cnc21. The zero-order chi connectivity index (χ0) is 21.3. The normalized spacial score (nSPS) is 13.0. The van der Waals surface area contributed by atoms with Gasteiger partial charge in [0.05, 0.1) is 11.9 Å². The molecule has 1 aliphatic carbocycles. The third-order valence-electron chi connectivity index (χ3n) is 5.07. The molecule has 3 heterocycles. The number of carbonyl (C=O) groups is 1. The van der Waals surface area contributed by atoms with Gasteiger partial charge in [-0.15, -0.1) is 17.9 Å². The van der Waals surface area contributed by atoms with Gasteiger partial charge in [-0.3, -0.25) is 14.2 Å². The van der Waals surface area contributed by atoms with Crippen LogP contribution >= 0.6 is 34.9 Å². The van der Waals surface area contributed by atoms with Crippen molar-refractivity contribution in [1.82, 2.24) is 14.1 Å². The lowest BCUT2D eigenvalue weighted by Crippen LogP contribution is -2.23. The number of allylic oxidation sites excluding steroid dienone is 1. The standard InChI is InChI=1S/C20H19N5O2S3/c1-2-8-25-17-16(30-20(25)28)19(27)24(11-22-17)9-7-15(26)23-18-13(10-21)12-5-3-4-6-14(12)29-18/h2,11H,1,3-9H2,(H,23,26). The molecule has 0 fully saturated rings. The molecule has 1 aliphatic rings. The highest BCUT2D eigenvalue weighted by Crippen LogP contribution is 2.37. The minimum atomic E-state index is -0.228. The molecule has 0 bridgehead atoms. The zero-order valence-corrected chi connectivity index (χ0v) is 18.6. The summed E-state index contributed by atoms with van der Waals surface area (Å²) >= 11 is 8.03. The number of nitrogens with zero attached hydrogens (tertiary/aromatic N) is 4. The summed E-state index contributed by atoms with van der Waals surface area (Å²) in [4.78, 5) is 30.8. The van der Waals surface area contributed by atoms with Gasteiger partial charge in [0, 0.05) is 24.4 Å². The van der Waals surface area contributed by atoms with Crippen LogP contribution in [0.5, 0.6) is 0 Å². The third-order valence-corrected chi connectivity index (χ3v) is 7.70. The number of amides is 1. The van der Waals surface area contributed by atoms with Crippen LogP contribution in [0.3, 0.4) is 0 Å². The Morgan fingerprint density at radius 2 is 2.20 bits per heavy atom. The molecule has 1 N–H and O–H groups in total. The van der Waals surface area contributed by atoms with E-state index in [1.54, 1.807) is 10.6 Å². The van der Waals surface area contributed by atoms with Gasteiger partial charge in [-0.25, -0.2) is 4.98 Å². The number of aromatic nitrogens is 3. The summed E-state index contributed by atoms with van der Waals surface area (Å²) in [6.07, 6.45) is 7.31. The molecule has 3 aromatic heterocycles. The Hall–Kier alpha value is -2.61. The van der Waals surface area contributed by atoms with Gasteiger partial charge in [0.25, 0.3) is 5.56 Å². The third kappa shape index (κ3) is 3.76. The van der Waals surface area contributed by atoms with Crippen LogP contribution in [0.25, 0.3) is 10.3 Å². The molecular formula is C20H19N5O2S3. The van der Waals surface area contributed by atoms with Crippen LogP contribution in [-0.2, 0) is 30.7 Å². The van der Waals surface area contributed by atoms with Crippen LogP contribution in [0.15, 0.2) is 23.8 Å². The molecule has 7 nitrogen and oxygen atoms in total. The monoisotopic (exact) mass is 457 g/mol. The molecule has 0 saturated carbocycles. The molecule has 0 unspecified atom stereocenters. The number of fused-ring (bicyclic) bond motifs is 2. The smallest absolute Gasteiger partial charge is 0.272 e. The second-order valence-corrected chi connectivity index (χ2v) is 9.74. The minimum absolute atomic E-state index is 0.110. The summed E-state index contributed by atoms with van der Waals surface area (Å²) < 4.78 is 4.23. The summed E-state index contributed by atoms with van der Waals surface area (Å²) in [6.45, 7) is 4.39. The van der Waals surface area contributed by atoms with E-state index in [1.807, 2.05) is 0 Å². The topological polar surface area (TPSA) is 92.7 Å². The van der Waals surface area contributed by atoms with Crippen molar-refractivity contribution >= 4 is 56.1 Å². The number of anilines is 1. The average Bonchev–Trinajstić information content (AvgIpc) is 3.25. The van der Waals surface area contributed by atoms with Crippen LogP contribution in [-0.4, -0.2) is 20.0 Å². The van der Waals surface area contributed by atoms with Crippen LogP contribution in [0, 0.1) is 15.3 Å². The molecule has 30 heavy (non-hydrogen) atoms. The molecule has 0 atom stereocenters. The van der Waals surface area contributed by atoms with Crippen molar-refractivity contribution in [1.29, 1.82) is 5.26 Å². The second kappa shape index (κ2) is 8.63. The van der Waals surface area contributed by atoms with Gasteiger partial charge in [-0.1, -0.05) is 17.4 Å². The molecule has 3 aromatic rings. The summed E-state index contributed by atoms with van der Waals surface area (Å²) in [5.41, 5.74) is 2.00. The van der Waals surface area contributed by atoms with Crippen LogP contribution < -0.4 is 10.9 Å². The number of hydrogen-bond donors (Lipinski definition) is 1. The van der Waals surface area contributed by atoms with Crippen molar-refractivity contribution in [2.75, 3.05) is 5.32 Å². The van der Waals surface area contributed by atoms with Gasteiger partial charge in [-0.2, -0.15) is 5.26 Å². The predicted octanol–water partition coefficient (Wildman–Crippen LogP) is 4.02. The van der Waals surface area contributed by atoms with Gasteiger partial charge >= 0.3 is 0 Å². The molecule has 0 spiro atoms. The number of nitrogens with one attached hydrogen (secondary N) is 1. The number of aryl methyl sites for hydroxylation is 2. The molecule has 0 radical (unpaired) electrons. The van der Waals surface area contributed by atoms with Crippen molar-refractivity contribution in [3.05, 3.63) is 49.3 Å². The Morgan fingerprint density at radius 3 is 2.97 bits per heavy atom. The first-order valence-electron chi connectivity index (χ1n) is 9.57. The van der Waals surface area contributed by atoms with Crippen molar-refractivity contribution in [2.45, 2.75) is 45.2 Å². The van der Waals surface area contributed by atoms with Gasteiger partial charge in [0.2, 0.25) is 5.91 Å². The fourth-order valence-corrected chi connectivity index (χ4v) is 6.18. The number of rotatable bonds is 6.